The Bertz CT molecular complexity index is 545. The molecule has 1 aliphatic rings. The predicted molar refractivity (Wildman–Crippen MR) is 79.0 cm³/mol. The van der Waals surface area contributed by atoms with Crippen LogP contribution in [0.4, 0.5) is 4.39 Å². The molecular formula is C13H20ClFN2O2S. The summed E-state index contributed by atoms with van der Waals surface area (Å²) in [4.78, 5) is -0.0231. The van der Waals surface area contributed by atoms with Crippen molar-refractivity contribution in [2.45, 2.75) is 24.7 Å². The van der Waals surface area contributed by atoms with E-state index in [1.807, 2.05) is 0 Å². The van der Waals surface area contributed by atoms with Gasteiger partial charge in [0, 0.05) is 6.54 Å². The Kier molecular flexibility index (Phi) is 5.94. The minimum Gasteiger partial charge on any atom is -0.317 e. The molecule has 114 valence electrons. The summed E-state index contributed by atoms with van der Waals surface area (Å²) in [7, 11) is -3.63. The maximum Gasteiger partial charge on any atom is 0.240 e. The summed E-state index contributed by atoms with van der Waals surface area (Å²) < 4.78 is 39.8. The van der Waals surface area contributed by atoms with Gasteiger partial charge in [0.2, 0.25) is 10.0 Å². The molecule has 0 bridgehead atoms. The Hall–Kier alpha value is -0.690. The van der Waals surface area contributed by atoms with Crippen molar-refractivity contribution in [2.75, 3.05) is 19.6 Å². The number of hydrogen-bond acceptors (Lipinski definition) is 3. The first-order valence-electron chi connectivity index (χ1n) is 6.37. The molecule has 0 aromatic heterocycles. The van der Waals surface area contributed by atoms with Crippen LogP contribution in [0, 0.1) is 11.2 Å². The van der Waals surface area contributed by atoms with Gasteiger partial charge >= 0.3 is 0 Å². The lowest BCUT2D eigenvalue weighted by atomic mass is 9.81. The van der Waals surface area contributed by atoms with Crippen molar-refractivity contribution < 1.29 is 12.8 Å². The van der Waals surface area contributed by atoms with E-state index < -0.39 is 15.8 Å². The van der Waals surface area contributed by atoms with E-state index in [9.17, 15) is 12.8 Å². The molecule has 2 rings (SSSR count). The van der Waals surface area contributed by atoms with Crippen LogP contribution in [0.25, 0.3) is 0 Å². The third kappa shape index (κ3) is 4.41. The lowest BCUT2D eigenvalue weighted by Crippen LogP contribution is -2.42. The maximum atomic E-state index is 13.1. The Morgan fingerprint density at radius 1 is 1.35 bits per heavy atom. The zero-order valence-electron chi connectivity index (χ0n) is 11.4. The van der Waals surface area contributed by atoms with E-state index in [0.29, 0.717) is 6.54 Å². The molecule has 0 spiro atoms. The van der Waals surface area contributed by atoms with Crippen LogP contribution >= 0.6 is 12.4 Å². The van der Waals surface area contributed by atoms with Crippen LogP contribution in [0.1, 0.15) is 19.8 Å². The van der Waals surface area contributed by atoms with Gasteiger partial charge in [-0.2, -0.15) is 0 Å². The highest BCUT2D eigenvalue weighted by atomic mass is 35.5. The summed E-state index contributed by atoms with van der Waals surface area (Å²) in [5.41, 5.74) is -0.0361. The summed E-state index contributed by atoms with van der Waals surface area (Å²) in [5, 5.41) is 3.25. The number of nitrogens with one attached hydrogen (secondary N) is 2. The highest BCUT2D eigenvalue weighted by molar-refractivity contribution is 7.89. The monoisotopic (exact) mass is 322 g/mol. The molecule has 7 heteroatoms. The molecule has 1 aromatic rings. The van der Waals surface area contributed by atoms with Crippen molar-refractivity contribution in [2.24, 2.45) is 5.41 Å². The molecule has 1 fully saturated rings. The normalized spacial score (nSPS) is 18.3. The van der Waals surface area contributed by atoms with E-state index >= 15 is 0 Å². The van der Waals surface area contributed by atoms with Crippen molar-refractivity contribution >= 4 is 22.4 Å². The van der Waals surface area contributed by atoms with E-state index in [1.165, 1.54) is 18.2 Å². The van der Waals surface area contributed by atoms with E-state index in [2.05, 4.69) is 17.0 Å². The second-order valence-electron chi connectivity index (χ2n) is 5.34. The predicted octanol–water partition coefficient (Wildman–Crippen LogP) is 1.92. The van der Waals surface area contributed by atoms with Crippen molar-refractivity contribution in [3.05, 3.63) is 30.1 Å². The molecule has 0 radical (unpaired) electrons. The van der Waals surface area contributed by atoms with E-state index in [4.69, 9.17) is 0 Å². The van der Waals surface area contributed by atoms with Crippen molar-refractivity contribution in [1.29, 1.82) is 0 Å². The van der Waals surface area contributed by atoms with Crippen molar-refractivity contribution in [3.8, 4) is 0 Å². The van der Waals surface area contributed by atoms with Crippen LogP contribution in [0.15, 0.2) is 29.2 Å². The topological polar surface area (TPSA) is 58.2 Å². The van der Waals surface area contributed by atoms with Crippen LogP contribution < -0.4 is 10.0 Å². The van der Waals surface area contributed by atoms with E-state index in [-0.39, 0.29) is 22.7 Å². The molecule has 4 nitrogen and oxygen atoms in total. The van der Waals surface area contributed by atoms with Crippen LogP contribution in [0.3, 0.4) is 0 Å². The maximum absolute atomic E-state index is 13.1. The summed E-state index contributed by atoms with van der Waals surface area (Å²) >= 11 is 0. The summed E-state index contributed by atoms with van der Waals surface area (Å²) in [5.74, 6) is -0.545. The number of benzene rings is 1. The quantitative estimate of drug-likeness (QED) is 0.890. The van der Waals surface area contributed by atoms with Gasteiger partial charge < -0.3 is 5.32 Å². The first-order chi connectivity index (χ1) is 8.91. The zero-order chi connectivity index (χ0) is 13.9. The molecule has 2 N–H and O–H groups in total. The Morgan fingerprint density at radius 2 is 2.00 bits per heavy atom. The largest absolute Gasteiger partial charge is 0.317 e. The van der Waals surface area contributed by atoms with Crippen molar-refractivity contribution in [3.63, 3.8) is 0 Å². The van der Waals surface area contributed by atoms with Gasteiger partial charge in [0.15, 0.2) is 0 Å². The second kappa shape index (κ2) is 6.85. The fourth-order valence-corrected chi connectivity index (χ4v) is 3.42. The highest BCUT2D eigenvalue weighted by Crippen LogP contribution is 2.27. The minimum absolute atomic E-state index is 0. The molecule has 1 aromatic carbocycles. The number of hydrogen-bond donors (Lipinski definition) is 2. The molecule has 0 saturated carbocycles. The van der Waals surface area contributed by atoms with Crippen LogP contribution in [0.2, 0.25) is 0 Å². The number of rotatable bonds is 4. The van der Waals surface area contributed by atoms with Gasteiger partial charge in [-0.3, -0.25) is 0 Å². The lowest BCUT2D eigenvalue weighted by Gasteiger charge is -2.34. The summed E-state index contributed by atoms with van der Waals surface area (Å²) in [6.07, 6.45) is 1.86. The molecule has 20 heavy (non-hydrogen) atoms. The first kappa shape index (κ1) is 17.4. The molecule has 0 atom stereocenters. The summed E-state index contributed by atoms with van der Waals surface area (Å²) in [6.45, 7) is 4.26. The Labute approximate surface area is 125 Å². The van der Waals surface area contributed by atoms with Gasteiger partial charge in [0.25, 0.3) is 0 Å². The summed E-state index contributed by atoms with van der Waals surface area (Å²) in [6, 6.07) is 5.06. The van der Waals surface area contributed by atoms with Crippen LogP contribution in [0.5, 0.6) is 0 Å². The van der Waals surface area contributed by atoms with Gasteiger partial charge in [-0.05, 0) is 49.5 Å². The fourth-order valence-electron chi connectivity index (χ4n) is 2.19. The molecular weight excluding hydrogens is 303 g/mol. The van der Waals surface area contributed by atoms with Gasteiger partial charge in [0.05, 0.1) is 4.90 Å². The van der Waals surface area contributed by atoms with Crippen molar-refractivity contribution in [1.82, 2.24) is 10.0 Å². The highest BCUT2D eigenvalue weighted by Gasteiger charge is 2.28. The number of sulfonamides is 1. The SMILES string of the molecule is CC1(CNS(=O)(=O)c2cccc(F)c2)CCNCC1.Cl. The zero-order valence-corrected chi connectivity index (χ0v) is 13.0. The average Bonchev–Trinajstić information content (AvgIpc) is 2.38. The Balaban J connectivity index is 0.00000200. The molecule has 0 aliphatic carbocycles. The van der Waals surface area contributed by atoms with Gasteiger partial charge in [0.1, 0.15) is 5.82 Å². The van der Waals surface area contributed by atoms with E-state index in [1.54, 1.807) is 0 Å². The van der Waals surface area contributed by atoms with E-state index in [0.717, 1.165) is 32.0 Å². The molecule has 1 saturated heterocycles. The average molecular weight is 323 g/mol. The first-order valence-corrected chi connectivity index (χ1v) is 7.86. The Morgan fingerprint density at radius 3 is 2.60 bits per heavy atom. The molecule has 1 aliphatic heterocycles. The molecule has 0 amide bonds. The third-order valence-electron chi connectivity index (χ3n) is 3.61. The number of halogens is 2. The van der Waals surface area contributed by atoms with Gasteiger partial charge in [-0.15, -0.1) is 12.4 Å². The lowest BCUT2D eigenvalue weighted by molar-refractivity contribution is 0.232. The van der Waals surface area contributed by atoms with Crippen LogP contribution in [-0.2, 0) is 10.0 Å². The molecule has 1 heterocycles. The standard InChI is InChI=1S/C13H19FN2O2S.ClH/c1-13(5-7-15-8-6-13)10-16-19(17,18)12-4-2-3-11(14)9-12;/h2-4,9,15-16H,5-8,10H2,1H3;1H. The number of piperidine rings is 1. The van der Waals surface area contributed by atoms with Gasteiger partial charge in [-0.25, -0.2) is 17.5 Å². The minimum atomic E-state index is -3.63. The van der Waals surface area contributed by atoms with Gasteiger partial charge in [-0.1, -0.05) is 13.0 Å². The fraction of sp³-hybridized carbons (Fsp3) is 0.538. The third-order valence-corrected chi connectivity index (χ3v) is 5.00. The second-order valence-corrected chi connectivity index (χ2v) is 7.11. The van der Waals surface area contributed by atoms with Crippen LogP contribution in [-0.4, -0.2) is 28.1 Å². The smallest absolute Gasteiger partial charge is 0.240 e. The molecule has 0 unspecified atom stereocenters.